The number of carbonyl (C=O) groups is 1. The van der Waals surface area contributed by atoms with E-state index in [-0.39, 0.29) is 11.6 Å². The average Bonchev–Trinajstić information content (AvgIpc) is 3.06. The summed E-state index contributed by atoms with van der Waals surface area (Å²) in [6, 6.07) is 13.5. The molecule has 1 amide bonds. The Morgan fingerprint density at radius 2 is 2.00 bits per heavy atom. The molecule has 1 aromatic heterocycles. The van der Waals surface area contributed by atoms with Gasteiger partial charge in [-0.2, -0.15) is 0 Å². The van der Waals surface area contributed by atoms with Crippen molar-refractivity contribution in [2.75, 3.05) is 13.1 Å². The van der Waals surface area contributed by atoms with Crippen LogP contribution in [0.3, 0.4) is 0 Å². The molecule has 1 aliphatic rings. The number of aromatic amines is 2. The topological polar surface area (TPSA) is 89.8 Å². The molecule has 1 saturated heterocycles. The Balaban J connectivity index is 1.44. The number of hydrogen-bond acceptors (Lipinski definition) is 3. The fraction of sp³-hybridized carbons (Fsp3) is 0.300. The zero-order valence-electron chi connectivity index (χ0n) is 14.5. The fourth-order valence-corrected chi connectivity index (χ4v) is 3.54. The Morgan fingerprint density at radius 1 is 1.12 bits per heavy atom. The predicted octanol–water partition coefficient (Wildman–Crippen LogP) is 2.25. The third-order valence-electron chi connectivity index (χ3n) is 4.95. The number of benzene rings is 2. The zero-order chi connectivity index (χ0) is 17.9. The number of nitrogens with one attached hydrogen (secondary N) is 4. The molecule has 3 aromatic rings. The molecule has 0 bridgehead atoms. The van der Waals surface area contributed by atoms with Gasteiger partial charge < -0.3 is 20.6 Å². The van der Waals surface area contributed by atoms with Crippen LogP contribution in [0.4, 0.5) is 0 Å². The first-order chi connectivity index (χ1) is 12.7. The lowest BCUT2D eigenvalue weighted by Crippen LogP contribution is -2.28. The van der Waals surface area contributed by atoms with Gasteiger partial charge in [0, 0.05) is 18.7 Å². The van der Waals surface area contributed by atoms with E-state index in [1.165, 1.54) is 12.0 Å². The van der Waals surface area contributed by atoms with Crippen LogP contribution in [-0.2, 0) is 6.54 Å². The van der Waals surface area contributed by atoms with Gasteiger partial charge in [0.1, 0.15) is 0 Å². The average molecular weight is 350 g/mol. The van der Waals surface area contributed by atoms with Crippen LogP contribution in [-0.4, -0.2) is 29.0 Å². The summed E-state index contributed by atoms with van der Waals surface area (Å²) in [4.78, 5) is 29.3. The molecule has 4 N–H and O–H groups in total. The molecule has 6 heteroatoms. The summed E-state index contributed by atoms with van der Waals surface area (Å²) in [6.45, 7) is 2.46. The Bertz CT molecular complexity index is 983. The van der Waals surface area contributed by atoms with Gasteiger partial charge in [0.2, 0.25) is 0 Å². The molecule has 0 spiro atoms. The van der Waals surface area contributed by atoms with E-state index in [9.17, 15) is 9.59 Å². The largest absolute Gasteiger partial charge is 0.348 e. The van der Waals surface area contributed by atoms with Gasteiger partial charge in [-0.3, -0.25) is 4.79 Å². The minimum atomic E-state index is -0.227. The van der Waals surface area contributed by atoms with Gasteiger partial charge in [0.05, 0.1) is 11.0 Å². The zero-order valence-corrected chi connectivity index (χ0v) is 14.5. The first-order valence-corrected chi connectivity index (χ1v) is 8.99. The second-order valence-electron chi connectivity index (χ2n) is 6.81. The molecule has 0 saturated carbocycles. The summed E-state index contributed by atoms with van der Waals surface area (Å²) in [6.07, 6.45) is 2.33. The van der Waals surface area contributed by atoms with Gasteiger partial charge in [0.25, 0.3) is 5.91 Å². The summed E-state index contributed by atoms with van der Waals surface area (Å²) in [5.41, 5.74) is 4.12. The molecule has 0 radical (unpaired) electrons. The number of H-pyrrole nitrogens is 2. The van der Waals surface area contributed by atoms with Crippen LogP contribution < -0.4 is 16.3 Å². The number of imidazole rings is 1. The van der Waals surface area contributed by atoms with Crippen LogP contribution in [0.15, 0.2) is 47.3 Å². The van der Waals surface area contributed by atoms with Crippen molar-refractivity contribution in [3.8, 4) is 0 Å². The summed E-state index contributed by atoms with van der Waals surface area (Å²) in [7, 11) is 0. The van der Waals surface area contributed by atoms with Crippen molar-refractivity contribution in [1.82, 2.24) is 20.6 Å². The number of carbonyl (C=O) groups excluding carboxylic acids is 1. The number of piperidine rings is 1. The molecule has 0 aliphatic carbocycles. The molecule has 1 aliphatic heterocycles. The van der Waals surface area contributed by atoms with Crippen LogP contribution in [0, 0.1) is 0 Å². The van der Waals surface area contributed by atoms with Gasteiger partial charge in [-0.1, -0.05) is 18.2 Å². The lowest BCUT2D eigenvalue weighted by Gasteiger charge is -2.23. The second-order valence-corrected chi connectivity index (χ2v) is 6.81. The van der Waals surface area contributed by atoms with Crippen LogP contribution in [0.1, 0.15) is 40.2 Å². The Kier molecular flexibility index (Phi) is 4.58. The maximum absolute atomic E-state index is 12.5. The lowest BCUT2D eigenvalue weighted by atomic mass is 9.90. The third kappa shape index (κ3) is 3.55. The lowest BCUT2D eigenvalue weighted by molar-refractivity contribution is 0.0951. The van der Waals surface area contributed by atoms with Crippen molar-refractivity contribution in [2.45, 2.75) is 25.3 Å². The van der Waals surface area contributed by atoms with E-state index < -0.39 is 0 Å². The number of fused-ring (bicyclic) bond motifs is 1. The van der Waals surface area contributed by atoms with E-state index in [1.807, 2.05) is 36.4 Å². The molecule has 1 atom stereocenters. The predicted molar refractivity (Wildman–Crippen MR) is 101 cm³/mol. The molecular weight excluding hydrogens is 328 g/mol. The summed E-state index contributed by atoms with van der Waals surface area (Å²) >= 11 is 0. The monoisotopic (exact) mass is 350 g/mol. The molecule has 26 heavy (non-hydrogen) atoms. The highest BCUT2D eigenvalue weighted by atomic mass is 16.1. The Labute approximate surface area is 151 Å². The second kappa shape index (κ2) is 7.17. The van der Waals surface area contributed by atoms with Crippen molar-refractivity contribution < 1.29 is 4.79 Å². The molecular formula is C20H22N4O2. The number of rotatable bonds is 4. The van der Waals surface area contributed by atoms with Crippen molar-refractivity contribution >= 4 is 16.9 Å². The van der Waals surface area contributed by atoms with Crippen LogP contribution in [0.2, 0.25) is 0 Å². The van der Waals surface area contributed by atoms with Crippen molar-refractivity contribution in [3.05, 3.63) is 69.6 Å². The van der Waals surface area contributed by atoms with E-state index >= 15 is 0 Å². The first-order valence-electron chi connectivity index (χ1n) is 8.99. The van der Waals surface area contributed by atoms with Gasteiger partial charge in [0.15, 0.2) is 0 Å². The summed E-state index contributed by atoms with van der Waals surface area (Å²) in [5.74, 6) is 0.391. The molecule has 1 fully saturated rings. The van der Waals surface area contributed by atoms with E-state index in [2.05, 4.69) is 26.7 Å². The van der Waals surface area contributed by atoms with E-state index in [4.69, 9.17) is 0 Å². The number of aromatic nitrogens is 2. The third-order valence-corrected chi connectivity index (χ3v) is 4.95. The highest BCUT2D eigenvalue weighted by Gasteiger charge is 2.16. The molecule has 2 heterocycles. The van der Waals surface area contributed by atoms with Gasteiger partial charge >= 0.3 is 5.69 Å². The van der Waals surface area contributed by atoms with Gasteiger partial charge in [-0.05, 0) is 60.7 Å². The summed E-state index contributed by atoms with van der Waals surface area (Å²) < 4.78 is 0. The van der Waals surface area contributed by atoms with E-state index in [0.29, 0.717) is 18.0 Å². The maximum Gasteiger partial charge on any atom is 0.323 e. The maximum atomic E-state index is 12.5. The van der Waals surface area contributed by atoms with Crippen LogP contribution >= 0.6 is 0 Å². The molecule has 6 nitrogen and oxygen atoms in total. The number of amides is 1. The van der Waals surface area contributed by atoms with Gasteiger partial charge in [-0.15, -0.1) is 0 Å². The Morgan fingerprint density at radius 3 is 2.85 bits per heavy atom. The molecule has 134 valence electrons. The smallest absolute Gasteiger partial charge is 0.323 e. The normalized spacial score (nSPS) is 17.3. The highest BCUT2D eigenvalue weighted by molar-refractivity contribution is 5.94. The highest BCUT2D eigenvalue weighted by Crippen LogP contribution is 2.23. The minimum absolute atomic E-state index is 0.0849. The first kappa shape index (κ1) is 16.6. The SMILES string of the molecule is O=C(NCc1ccc2[nH]c(=O)[nH]c2c1)c1cccc(C2CCCNC2)c1. The van der Waals surface area contributed by atoms with Crippen LogP contribution in [0.25, 0.3) is 11.0 Å². The van der Waals surface area contributed by atoms with E-state index in [0.717, 1.165) is 36.1 Å². The standard InChI is InChI=1S/C20H22N4O2/c25-19(15-4-1-3-14(10-15)16-5-2-8-21-12-16)22-11-13-6-7-17-18(9-13)24-20(26)23-17/h1,3-4,6-7,9-10,16,21H,2,5,8,11-12H2,(H,22,25)(H2,23,24,26). The quantitative estimate of drug-likeness (QED) is 0.582. The fourth-order valence-electron chi connectivity index (χ4n) is 3.54. The van der Waals surface area contributed by atoms with Crippen molar-refractivity contribution in [2.24, 2.45) is 0 Å². The van der Waals surface area contributed by atoms with Crippen LogP contribution in [0.5, 0.6) is 0 Å². The van der Waals surface area contributed by atoms with Crippen molar-refractivity contribution in [1.29, 1.82) is 0 Å². The number of hydrogen-bond donors (Lipinski definition) is 4. The molecule has 2 aromatic carbocycles. The molecule has 1 unspecified atom stereocenters. The van der Waals surface area contributed by atoms with Crippen molar-refractivity contribution in [3.63, 3.8) is 0 Å². The molecule has 4 rings (SSSR count). The van der Waals surface area contributed by atoms with E-state index in [1.54, 1.807) is 0 Å². The van der Waals surface area contributed by atoms with Gasteiger partial charge in [-0.25, -0.2) is 4.79 Å². The summed E-state index contributed by atoms with van der Waals surface area (Å²) in [5, 5.41) is 6.38. The minimum Gasteiger partial charge on any atom is -0.348 e. The Hall–Kier alpha value is -2.86.